The number of carbonyl (C=O) groups is 1. The van der Waals surface area contributed by atoms with Crippen LogP contribution >= 0.6 is 11.3 Å². The maximum absolute atomic E-state index is 12.2. The largest absolute Gasteiger partial charge is 0.289 e. The van der Waals surface area contributed by atoms with Crippen molar-refractivity contribution in [1.82, 2.24) is 10.2 Å². The van der Waals surface area contributed by atoms with E-state index in [4.69, 9.17) is 0 Å². The van der Waals surface area contributed by atoms with Crippen LogP contribution in [0.25, 0.3) is 0 Å². The van der Waals surface area contributed by atoms with Gasteiger partial charge in [0.25, 0.3) is 0 Å². The van der Waals surface area contributed by atoms with Gasteiger partial charge in [-0.15, -0.1) is 0 Å². The van der Waals surface area contributed by atoms with E-state index in [1.165, 1.54) is 11.3 Å². The van der Waals surface area contributed by atoms with Crippen molar-refractivity contribution in [2.45, 2.75) is 20.3 Å². The summed E-state index contributed by atoms with van der Waals surface area (Å²) in [7, 11) is 0. The number of hydrogen-bond acceptors (Lipinski definition) is 4. The van der Waals surface area contributed by atoms with Crippen molar-refractivity contribution in [3.8, 4) is 0 Å². The lowest BCUT2D eigenvalue weighted by Gasteiger charge is -2.04. The van der Waals surface area contributed by atoms with Gasteiger partial charge in [-0.25, -0.2) is 0 Å². The lowest BCUT2D eigenvalue weighted by atomic mass is 10.0. The average Bonchev–Trinajstić information content (AvgIpc) is 2.81. The van der Waals surface area contributed by atoms with E-state index in [-0.39, 0.29) is 5.78 Å². The number of ketones is 1. The Morgan fingerprint density at radius 2 is 2.25 bits per heavy atom. The van der Waals surface area contributed by atoms with Crippen molar-refractivity contribution >= 4 is 17.1 Å². The first-order valence-corrected chi connectivity index (χ1v) is 6.06. The maximum Gasteiger partial charge on any atom is 0.195 e. The Morgan fingerprint density at radius 1 is 1.44 bits per heavy atom. The van der Waals surface area contributed by atoms with Crippen LogP contribution in [0, 0.1) is 6.92 Å². The molecule has 0 N–H and O–H groups in total. The second-order valence-corrected chi connectivity index (χ2v) is 4.32. The Labute approximate surface area is 98.2 Å². The van der Waals surface area contributed by atoms with Crippen LogP contribution in [-0.4, -0.2) is 16.0 Å². The topological polar surface area (TPSA) is 42.9 Å². The lowest BCUT2D eigenvalue weighted by Crippen LogP contribution is -2.08. The van der Waals surface area contributed by atoms with Gasteiger partial charge < -0.3 is 0 Å². The summed E-state index contributed by atoms with van der Waals surface area (Å²) in [6, 6.07) is 3.65. The minimum atomic E-state index is 0.0381. The van der Waals surface area contributed by atoms with E-state index in [9.17, 15) is 4.79 Å². The van der Waals surface area contributed by atoms with Crippen molar-refractivity contribution in [2.24, 2.45) is 0 Å². The fourth-order valence-corrected chi connectivity index (χ4v) is 2.16. The molecule has 0 unspecified atom stereocenters. The molecule has 4 heteroatoms. The third kappa shape index (κ3) is 2.02. The number of rotatable bonds is 3. The smallest absolute Gasteiger partial charge is 0.195 e. The second kappa shape index (κ2) is 4.53. The zero-order chi connectivity index (χ0) is 11.5. The summed E-state index contributed by atoms with van der Waals surface area (Å²) in [5, 5.41) is 11.8. The molecular weight excluding hydrogens is 220 g/mol. The average molecular weight is 232 g/mol. The Morgan fingerprint density at radius 3 is 2.88 bits per heavy atom. The van der Waals surface area contributed by atoms with Crippen molar-refractivity contribution < 1.29 is 4.79 Å². The van der Waals surface area contributed by atoms with Gasteiger partial charge in [-0.2, -0.15) is 21.5 Å². The van der Waals surface area contributed by atoms with Crippen molar-refractivity contribution in [2.75, 3.05) is 0 Å². The predicted molar refractivity (Wildman–Crippen MR) is 63.9 cm³/mol. The van der Waals surface area contributed by atoms with Crippen LogP contribution in [0.5, 0.6) is 0 Å². The summed E-state index contributed by atoms with van der Waals surface area (Å²) in [4.78, 5) is 12.2. The highest BCUT2D eigenvalue weighted by molar-refractivity contribution is 7.08. The molecule has 0 aliphatic heterocycles. The molecule has 0 aliphatic rings. The standard InChI is InChI=1S/C12H12N2OS/c1-3-11-10(6-8(2)13-14-11)12(15)9-4-5-16-7-9/h4-7H,3H2,1-2H3. The van der Waals surface area contributed by atoms with Crippen LogP contribution in [0.15, 0.2) is 22.9 Å². The monoisotopic (exact) mass is 232 g/mol. The van der Waals surface area contributed by atoms with E-state index in [0.717, 1.165) is 23.4 Å². The Balaban J connectivity index is 2.47. The molecule has 0 saturated heterocycles. The van der Waals surface area contributed by atoms with Crippen molar-refractivity contribution in [3.63, 3.8) is 0 Å². The first-order valence-electron chi connectivity index (χ1n) is 5.12. The molecule has 82 valence electrons. The molecule has 0 atom stereocenters. The van der Waals surface area contributed by atoms with Gasteiger partial charge in [0, 0.05) is 16.5 Å². The second-order valence-electron chi connectivity index (χ2n) is 3.54. The van der Waals surface area contributed by atoms with E-state index in [1.54, 1.807) is 0 Å². The third-order valence-corrected chi connectivity index (χ3v) is 3.04. The quantitative estimate of drug-likeness (QED) is 0.764. The van der Waals surface area contributed by atoms with Gasteiger partial charge in [0.2, 0.25) is 0 Å². The molecule has 16 heavy (non-hydrogen) atoms. The molecule has 2 heterocycles. The van der Waals surface area contributed by atoms with Gasteiger partial charge in [0.1, 0.15) is 0 Å². The van der Waals surface area contributed by atoms with E-state index < -0.39 is 0 Å². The number of hydrogen-bond donors (Lipinski definition) is 0. The van der Waals surface area contributed by atoms with Crippen LogP contribution in [0.3, 0.4) is 0 Å². The normalized spacial score (nSPS) is 10.4. The molecule has 0 radical (unpaired) electrons. The number of aryl methyl sites for hydroxylation is 2. The van der Waals surface area contributed by atoms with Crippen LogP contribution in [0.1, 0.15) is 34.2 Å². The molecule has 0 bridgehead atoms. The van der Waals surface area contributed by atoms with E-state index in [0.29, 0.717) is 5.56 Å². The Kier molecular flexibility index (Phi) is 3.10. The highest BCUT2D eigenvalue weighted by Crippen LogP contribution is 2.16. The molecule has 0 fully saturated rings. The Hall–Kier alpha value is -1.55. The van der Waals surface area contributed by atoms with Crippen LogP contribution in [-0.2, 0) is 6.42 Å². The highest BCUT2D eigenvalue weighted by atomic mass is 32.1. The summed E-state index contributed by atoms with van der Waals surface area (Å²) in [5.74, 6) is 0.0381. The van der Waals surface area contributed by atoms with Crippen LogP contribution in [0.4, 0.5) is 0 Å². The summed E-state index contributed by atoms with van der Waals surface area (Å²) >= 11 is 1.52. The van der Waals surface area contributed by atoms with Crippen LogP contribution < -0.4 is 0 Å². The van der Waals surface area contributed by atoms with Gasteiger partial charge in [0.05, 0.1) is 11.4 Å². The van der Waals surface area contributed by atoms with Gasteiger partial charge in [-0.1, -0.05) is 6.92 Å². The predicted octanol–water partition coefficient (Wildman–Crippen LogP) is 2.64. The van der Waals surface area contributed by atoms with Gasteiger partial charge >= 0.3 is 0 Å². The molecule has 2 rings (SSSR count). The molecule has 0 aliphatic carbocycles. The molecular formula is C12H12N2OS. The Bertz CT molecular complexity index is 506. The summed E-state index contributed by atoms with van der Waals surface area (Å²) in [5.41, 5.74) is 2.94. The number of nitrogens with zero attached hydrogens (tertiary/aromatic N) is 2. The van der Waals surface area contributed by atoms with Crippen molar-refractivity contribution in [3.05, 3.63) is 45.4 Å². The first kappa shape index (κ1) is 11.0. The molecule has 0 saturated carbocycles. The highest BCUT2D eigenvalue weighted by Gasteiger charge is 2.14. The maximum atomic E-state index is 12.2. The minimum absolute atomic E-state index is 0.0381. The molecule has 0 spiro atoms. The molecule has 0 aromatic carbocycles. The minimum Gasteiger partial charge on any atom is -0.289 e. The summed E-state index contributed by atoms with van der Waals surface area (Å²) < 4.78 is 0. The van der Waals surface area contributed by atoms with E-state index >= 15 is 0 Å². The molecule has 0 amide bonds. The third-order valence-electron chi connectivity index (χ3n) is 2.36. The first-order chi connectivity index (χ1) is 7.72. The number of aromatic nitrogens is 2. The number of thiophene rings is 1. The van der Waals surface area contributed by atoms with Gasteiger partial charge in [-0.3, -0.25) is 4.79 Å². The van der Waals surface area contributed by atoms with Crippen molar-refractivity contribution in [1.29, 1.82) is 0 Å². The van der Waals surface area contributed by atoms with E-state index in [2.05, 4.69) is 10.2 Å². The van der Waals surface area contributed by atoms with Gasteiger partial charge in [-0.05, 0) is 30.9 Å². The van der Waals surface area contributed by atoms with Gasteiger partial charge in [0.15, 0.2) is 5.78 Å². The fraction of sp³-hybridized carbons (Fsp3) is 0.250. The van der Waals surface area contributed by atoms with Crippen LogP contribution in [0.2, 0.25) is 0 Å². The zero-order valence-electron chi connectivity index (χ0n) is 9.23. The SMILES string of the molecule is CCc1nnc(C)cc1C(=O)c1ccsc1. The molecule has 3 nitrogen and oxygen atoms in total. The molecule has 2 aromatic rings. The molecule has 2 aromatic heterocycles. The zero-order valence-corrected chi connectivity index (χ0v) is 10.0. The lowest BCUT2D eigenvalue weighted by molar-refractivity contribution is 0.103. The number of carbonyl (C=O) groups excluding carboxylic acids is 1. The fourth-order valence-electron chi connectivity index (χ4n) is 1.52. The van der Waals surface area contributed by atoms with E-state index in [1.807, 2.05) is 36.7 Å². The summed E-state index contributed by atoms with van der Waals surface area (Å²) in [6.45, 7) is 3.82. The summed E-state index contributed by atoms with van der Waals surface area (Å²) in [6.07, 6.45) is 0.721.